The summed E-state index contributed by atoms with van der Waals surface area (Å²) >= 11 is 0. The lowest BCUT2D eigenvalue weighted by Crippen LogP contribution is -2.44. The summed E-state index contributed by atoms with van der Waals surface area (Å²) in [5, 5.41) is 64.8. The quantitative estimate of drug-likeness (QED) is 0.164. The lowest BCUT2D eigenvalue weighted by molar-refractivity contribution is -0.160. The standard InChI is InChI=1S/C10H18O3.C9H18O4.2C9H18O3/c1-6(2)13-9-4-3-7-8(11)5-12-10(7)9;1-6(2)13-7-3-8(11)9(4-10)12-5-7;2*1-6(2)12-8-4-3-7(5-10)9(8)11/h2*6-11H,3-5H2,1-2H3;2*6-11H,3-5H2,1-2H3/t7-,8-,9-,10+;3*7-,8+,9-/m1110/s1. The first-order valence-electron chi connectivity index (χ1n) is 19.0. The van der Waals surface area contributed by atoms with Gasteiger partial charge in [0.2, 0.25) is 0 Å². The Labute approximate surface area is 300 Å². The molecule has 13 nitrogen and oxygen atoms in total. The van der Waals surface area contributed by atoms with Crippen LogP contribution in [-0.4, -0.2) is 154 Å². The van der Waals surface area contributed by atoms with Crippen LogP contribution >= 0.6 is 0 Å². The van der Waals surface area contributed by atoms with E-state index >= 15 is 0 Å². The Morgan fingerprint density at radius 3 is 1.38 bits per heavy atom. The predicted octanol–water partition coefficient (Wildman–Crippen LogP) is 1.96. The van der Waals surface area contributed by atoms with E-state index in [0.717, 1.165) is 38.5 Å². The van der Waals surface area contributed by atoms with Crippen LogP contribution in [0, 0.1) is 17.8 Å². The average molecular weight is 725 g/mol. The Hall–Kier alpha value is -0.520. The van der Waals surface area contributed by atoms with E-state index in [0.29, 0.717) is 25.6 Å². The van der Waals surface area contributed by atoms with Gasteiger partial charge in [-0.05, 0) is 93.9 Å². The summed E-state index contributed by atoms with van der Waals surface area (Å²) < 4.78 is 33.0. The van der Waals surface area contributed by atoms with Crippen molar-refractivity contribution in [2.45, 2.75) is 186 Å². The maximum absolute atomic E-state index is 9.61. The molecule has 2 aliphatic heterocycles. The molecule has 50 heavy (non-hydrogen) atoms. The molecule has 5 aliphatic rings. The van der Waals surface area contributed by atoms with Crippen LogP contribution in [0.5, 0.6) is 0 Å². The van der Waals surface area contributed by atoms with Gasteiger partial charge in [0.15, 0.2) is 0 Å². The second-order valence-electron chi connectivity index (χ2n) is 15.5. The minimum atomic E-state index is -0.609. The molecule has 298 valence electrons. The lowest BCUT2D eigenvalue weighted by atomic mass is 10.0. The van der Waals surface area contributed by atoms with Crippen LogP contribution in [0.2, 0.25) is 0 Å². The van der Waals surface area contributed by atoms with Crippen molar-refractivity contribution in [2.75, 3.05) is 33.0 Å². The Balaban J connectivity index is 0.000000231. The molecule has 2 saturated heterocycles. The fourth-order valence-electron chi connectivity index (χ4n) is 7.36. The van der Waals surface area contributed by atoms with Gasteiger partial charge < -0.3 is 64.2 Å². The van der Waals surface area contributed by atoms with Gasteiger partial charge in [0, 0.05) is 37.4 Å². The average Bonchev–Trinajstić information content (AvgIpc) is 3.80. The smallest absolute Gasteiger partial charge is 0.107 e. The van der Waals surface area contributed by atoms with Crippen LogP contribution in [0.1, 0.15) is 100 Å². The van der Waals surface area contributed by atoms with Gasteiger partial charge in [-0.3, -0.25) is 0 Å². The summed E-state index contributed by atoms with van der Waals surface area (Å²) in [5.41, 5.74) is 0. The molecule has 3 aliphatic carbocycles. The minimum Gasteiger partial charge on any atom is -0.396 e. The SMILES string of the molecule is CC(C)O[C@@H]1CC[C@@H](CO)[C@@H]1O.CC(C)O[C@@H]1CC[C@H]2[C@@H]1OC[C@H]2O.CC(C)O[C@H]1CC[C@H](CO)[C@H]1O.CC(C)O[C@H]1CO[C@H](CO)[C@@H](O)C1. The molecule has 0 aromatic rings. The molecule has 0 unspecified atom stereocenters. The number of aliphatic hydroxyl groups excluding tert-OH is 7. The summed E-state index contributed by atoms with van der Waals surface area (Å²) in [6.45, 7) is 16.8. The third-order valence-corrected chi connectivity index (χ3v) is 9.78. The molecule has 0 aromatic heterocycles. The van der Waals surface area contributed by atoms with Gasteiger partial charge in [-0.2, -0.15) is 0 Å². The Kier molecular flexibility index (Phi) is 21.3. The van der Waals surface area contributed by atoms with Gasteiger partial charge in [0.1, 0.15) is 6.10 Å². The van der Waals surface area contributed by atoms with Gasteiger partial charge in [-0.15, -0.1) is 0 Å². The van der Waals surface area contributed by atoms with Crippen LogP contribution in [0.3, 0.4) is 0 Å². The molecule has 5 rings (SSSR count). The van der Waals surface area contributed by atoms with E-state index in [1.807, 2.05) is 55.4 Å². The zero-order valence-corrected chi connectivity index (χ0v) is 31.9. The van der Waals surface area contributed by atoms with Crippen molar-refractivity contribution in [3.05, 3.63) is 0 Å². The zero-order chi connectivity index (χ0) is 37.5. The molecule has 3 saturated carbocycles. The molecule has 0 aromatic carbocycles. The van der Waals surface area contributed by atoms with Gasteiger partial charge >= 0.3 is 0 Å². The van der Waals surface area contributed by atoms with Crippen molar-refractivity contribution < 1.29 is 64.2 Å². The second-order valence-corrected chi connectivity index (χ2v) is 15.5. The van der Waals surface area contributed by atoms with Gasteiger partial charge in [0.05, 0.1) is 99.2 Å². The van der Waals surface area contributed by atoms with Crippen molar-refractivity contribution in [3.8, 4) is 0 Å². The highest BCUT2D eigenvalue weighted by atomic mass is 16.6. The van der Waals surface area contributed by atoms with E-state index in [4.69, 9.17) is 43.7 Å². The first-order chi connectivity index (χ1) is 23.6. The first-order valence-corrected chi connectivity index (χ1v) is 19.0. The molecule has 13 atom stereocenters. The van der Waals surface area contributed by atoms with E-state index in [2.05, 4.69) is 0 Å². The van der Waals surface area contributed by atoms with Crippen LogP contribution in [0.15, 0.2) is 0 Å². The largest absolute Gasteiger partial charge is 0.396 e. The van der Waals surface area contributed by atoms with Gasteiger partial charge in [0.25, 0.3) is 0 Å². The Morgan fingerprint density at radius 1 is 0.520 bits per heavy atom. The third kappa shape index (κ3) is 15.1. The van der Waals surface area contributed by atoms with E-state index in [-0.39, 0.29) is 92.7 Å². The topological polar surface area (TPSA) is 197 Å². The fraction of sp³-hybridized carbons (Fsp3) is 1.00. The van der Waals surface area contributed by atoms with Crippen molar-refractivity contribution in [1.29, 1.82) is 0 Å². The van der Waals surface area contributed by atoms with Crippen molar-refractivity contribution in [3.63, 3.8) is 0 Å². The minimum absolute atomic E-state index is 0.0220. The first kappa shape index (κ1) is 45.6. The highest BCUT2D eigenvalue weighted by Gasteiger charge is 2.46. The van der Waals surface area contributed by atoms with E-state index in [1.54, 1.807) is 0 Å². The number of rotatable bonds is 11. The van der Waals surface area contributed by atoms with Crippen molar-refractivity contribution >= 4 is 0 Å². The zero-order valence-electron chi connectivity index (χ0n) is 31.9. The van der Waals surface area contributed by atoms with E-state index in [1.165, 1.54) is 0 Å². The molecule has 2 heterocycles. The van der Waals surface area contributed by atoms with Gasteiger partial charge in [-0.1, -0.05) is 0 Å². The Morgan fingerprint density at radius 2 is 0.980 bits per heavy atom. The van der Waals surface area contributed by atoms with Crippen LogP contribution in [0.25, 0.3) is 0 Å². The van der Waals surface area contributed by atoms with E-state index in [9.17, 15) is 20.4 Å². The van der Waals surface area contributed by atoms with Crippen LogP contribution in [0.4, 0.5) is 0 Å². The molecule has 0 amide bonds. The maximum Gasteiger partial charge on any atom is 0.107 e. The molecule has 0 bridgehead atoms. The van der Waals surface area contributed by atoms with Crippen molar-refractivity contribution in [2.24, 2.45) is 17.8 Å². The number of ether oxygens (including phenoxy) is 6. The van der Waals surface area contributed by atoms with Crippen molar-refractivity contribution in [1.82, 2.24) is 0 Å². The molecular formula is C37H72O13. The molecule has 0 radical (unpaired) electrons. The Bertz CT molecular complexity index is 844. The summed E-state index contributed by atoms with van der Waals surface area (Å²) in [6.07, 6.45) is 4.73. The normalized spacial score (nSPS) is 38.1. The second kappa shape index (κ2) is 23.3. The third-order valence-electron chi connectivity index (χ3n) is 9.78. The monoisotopic (exact) mass is 724 g/mol. The molecule has 0 spiro atoms. The van der Waals surface area contributed by atoms with Gasteiger partial charge in [-0.25, -0.2) is 0 Å². The highest BCUT2D eigenvalue weighted by Crippen LogP contribution is 2.38. The fourth-order valence-corrected chi connectivity index (χ4v) is 7.36. The van der Waals surface area contributed by atoms with E-state index < -0.39 is 24.4 Å². The lowest BCUT2D eigenvalue weighted by Gasteiger charge is -2.33. The molecule has 5 fully saturated rings. The number of aliphatic hydroxyl groups is 7. The predicted molar refractivity (Wildman–Crippen MR) is 188 cm³/mol. The number of hydrogen-bond donors (Lipinski definition) is 7. The molecule has 13 heteroatoms. The highest BCUT2D eigenvalue weighted by molar-refractivity contribution is 4.95. The summed E-state index contributed by atoms with van der Waals surface area (Å²) in [6, 6.07) is 0. The van der Waals surface area contributed by atoms with Crippen LogP contribution < -0.4 is 0 Å². The maximum atomic E-state index is 9.61. The number of hydrogen-bond acceptors (Lipinski definition) is 13. The number of fused-ring (bicyclic) bond motifs is 1. The molecule has 7 N–H and O–H groups in total. The molecular weight excluding hydrogens is 652 g/mol. The van der Waals surface area contributed by atoms with Crippen LogP contribution in [-0.2, 0) is 28.4 Å². The summed E-state index contributed by atoms with van der Waals surface area (Å²) in [7, 11) is 0. The summed E-state index contributed by atoms with van der Waals surface area (Å²) in [5.74, 6) is 0.367. The summed E-state index contributed by atoms with van der Waals surface area (Å²) in [4.78, 5) is 0.